The molecule has 1 saturated heterocycles. The lowest BCUT2D eigenvalue weighted by Crippen LogP contribution is -2.35. The highest BCUT2D eigenvalue weighted by Crippen LogP contribution is 2.28. The maximum Gasteiger partial charge on any atom is 0.205 e. The second-order valence-corrected chi connectivity index (χ2v) is 6.68. The Bertz CT molecular complexity index is 358. The second-order valence-electron chi connectivity index (χ2n) is 5.34. The van der Waals surface area contributed by atoms with Crippen molar-refractivity contribution in [3.8, 4) is 0 Å². The molecule has 1 aromatic rings. The van der Waals surface area contributed by atoms with Crippen molar-refractivity contribution in [2.45, 2.75) is 44.4 Å². The summed E-state index contributed by atoms with van der Waals surface area (Å²) in [4.78, 5) is 6.87. The molecule has 1 aliphatic heterocycles. The Kier molecular flexibility index (Phi) is 3.40. The topological polar surface area (TPSA) is 29.0 Å². The van der Waals surface area contributed by atoms with Gasteiger partial charge in [0.25, 0.3) is 0 Å². The standard InChI is InChI=1S/C11H18ClN3S/c1-11(2,3)9-13-10(16-14-9)15-6-4-5-8(12)7-15/h8H,4-7H2,1-3H3. The van der Waals surface area contributed by atoms with Gasteiger partial charge < -0.3 is 4.90 Å². The summed E-state index contributed by atoms with van der Waals surface area (Å²) in [5.74, 6) is 0.934. The quantitative estimate of drug-likeness (QED) is 0.726. The average Bonchev–Trinajstić information content (AvgIpc) is 2.65. The number of anilines is 1. The van der Waals surface area contributed by atoms with Crippen molar-refractivity contribution >= 4 is 28.3 Å². The number of piperidine rings is 1. The molecule has 0 bridgehead atoms. The fourth-order valence-corrected chi connectivity index (χ4v) is 2.96. The Morgan fingerprint density at radius 2 is 2.19 bits per heavy atom. The fraction of sp³-hybridized carbons (Fsp3) is 0.818. The Morgan fingerprint density at radius 1 is 1.44 bits per heavy atom. The van der Waals surface area contributed by atoms with E-state index in [-0.39, 0.29) is 10.8 Å². The van der Waals surface area contributed by atoms with Gasteiger partial charge in [-0.3, -0.25) is 0 Å². The van der Waals surface area contributed by atoms with Crippen LogP contribution in [0.2, 0.25) is 0 Å². The zero-order valence-corrected chi connectivity index (χ0v) is 11.6. The molecule has 0 saturated carbocycles. The van der Waals surface area contributed by atoms with Crippen LogP contribution in [0.1, 0.15) is 39.4 Å². The molecule has 0 spiro atoms. The number of aromatic nitrogens is 2. The molecule has 0 aliphatic carbocycles. The first-order chi connectivity index (χ1) is 7.47. The molecule has 0 amide bonds. The molecule has 5 heteroatoms. The van der Waals surface area contributed by atoms with Crippen LogP contribution in [0.25, 0.3) is 0 Å². The summed E-state index contributed by atoms with van der Waals surface area (Å²) in [7, 11) is 0. The van der Waals surface area contributed by atoms with Gasteiger partial charge in [-0.1, -0.05) is 20.8 Å². The lowest BCUT2D eigenvalue weighted by molar-refractivity contribution is 0.549. The normalized spacial score (nSPS) is 22.5. The predicted octanol–water partition coefficient (Wildman–Crippen LogP) is 3.04. The molecule has 16 heavy (non-hydrogen) atoms. The highest BCUT2D eigenvalue weighted by atomic mass is 35.5. The second kappa shape index (κ2) is 4.49. The van der Waals surface area contributed by atoms with E-state index in [2.05, 4.69) is 35.0 Å². The lowest BCUT2D eigenvalue weighted by atomic mass is 9.96. The third-order valence-corrected chi connectivity index (χ3v) is 3.85. The van der Waals surface area contributed by atoms with Gasteiger partial charge in [-0.2, -0.15) is 4.37 Å². The molecule has 0 N–H and O–H groups in total. The van der Waals surface area contributed by atoms with E-state index >= 15 is 0 Å². The monoisotopic (exact) mass is 259 g/mol. The van der Waals surface area contributed by atoms with Crippen LogP contribution in [0, 0.1) is 0 Å². The molecule has 2 heterocycles. The lowest BCUT2D eigenvalue weighted by Gasteiger charge is -2.29. The summed E-state index contributed by atoms with van der Waals surface area (Å²) in [6.07, 6.45) is 2.27. The van der Waals surface area contributed by atoms with E-state index in [0.717, 1.165) is 36.9 Å². The average molecular weight is 260 g/mol. The van der Waals surface area contributed by atoms with Crippen LogP contribution in [0.5, 0.6) is 0 Å². The minimum atomic E-state index is 0.0326. The van der Waals surface area contributed by atoms with Crippen LogP contribution in [0.4, 0.5) is 5.13 Å². The van der Waals surface area contributed by atoms with Crippen molar-refractivity contribution in [3.05, 3.63) is 5.82 Å². The third-order valence-electron chi connectivity index (χ3n) is 2.72. The van der Waals surface area contributed by atoms with E-state index in [4.69, 9.17) is 11.6 Å². The molecule has 1 atom stereocenters. The first-order valence-electron chi connectivity index (χ1n) is 5.70. The molecule has 0 aromatic carbocycles. The molecule has 1 aromatic heterocycles. The van der Waals surface area contributed by atoms with Gasteiger partial charge in [-0.25, -0.2) is 4.98 Å². The zero-order valence-electron chi connectivity index (χ0n) is 10.0. The zero-order chi connectivity index (χ0) is 11.8. The van der Waals surface area contributed by atoms with E-state index in [0.29, 0.717) is 0 Å². The number of rotatable bonds is 1. The van der Waals surface area contributed by atoms with Gasteiger partial charge in [0, 0.05) is 30.0 Å². The number of nitrogens with zero attached hydrogens (tertiary/aromatic N) is 3. The van der Waals surface area contributed by atoms with Gasteiger partial charge in [0.2, 0.25) is 5.13 Å². The number of alkyl halides is 1. The molecule has 1 fully saturated rings. The van der Waals surface area contributed by atoms with Crippen LogP contribution in [-0.4, -0.2) is 27.8 Å². The van der Waals surface area contributed by atoms with Gasteiger partial charge in [-0.05, 0) is 12.8 Å². The molecule has 90 valence electrons. The molecule has 1 unspecified atom stereocenters. The van der Waals surface area contributed by atoms with Crippen molar-refractivity contribution in [2.24, 2.45) is 0 Å². The summed E-state index contributed by atoms with van der Waals surface area (Å²) in [6, 6.07) is 0. The largest absolute Gasteiger partial charge is 0.345 e. The number of halogens is 1. The van der Waals surface area contributed by atoms with Crippen LogP contribution >= 0.6 is 23.1 Å². The maximum absolute atomic E-state index is 6.17. The summed E-state index contributed by atoms with van der Waals surface area (Å²) >= 11 is 7.66. The van der Waals surface area contributed by atoms with Gasteiger partial charge in [0.05, 0.1) is 5.38 Å². The summed E-state index contributed by atoms with van der Waals surface area (Å²) in [6.45, 7) is 8.38. The van der Waals surface area contributed by atoms with E-state index in [9.17, 15) is 0 Å². The van der Waals surface area contributed by atoms with E-state index in [1.807, 2.05) is 0 Å². The van der Waals surface area contributed by atoms with E-state index < -0.39 is 0 Å². The van der Waals surface area contributed by atoms with Crippen LogP contribution in [0.3, 0.4) is 0 Å². The Labute approximate surface area is 106 Å². The van der Waals surface area contributed by atoms with Crippen molar-refractivity contribution < 1.29 is 0 Å². The SMILES string of the molecule is CC(C)(C)c1nsc(N2CCCC(Cl)C2)n1. The first-order valence-corrected chi connectivity index (χ1v) is 6.91. The fourth-order valence-electron chi connectivity index (χ4n) is 1.75. The number of hydrogen-bond acceptors (Lipinski definition) is 4. The Balaban J connectivity index is 2.12. The van der Waals surface area contributed by atoms with Gasteiger partial charge in [0.1, 0.15) is 5.82 Å². The highest BCUT2D eigenvalue weighted by Gasteiger charge is 2.24. The first kappa shape index (κ1) is 12.1. The Morgan fingerprint density at radius 3 is 2.75 bits per heavy atom. The van der Waals surface area contributed by atoms with Gasteiger partial charge in [0.15, 0.2) is 0 Å². The van der Waals surface area contributed by atoms with Gasteiger partial charge in [-0.15, -0.1) is 11.6 Å². The Hall–Kier alpha value is -0.350. The number of hydrogen-bond donors (Lipinski definition) is 0. The summed E-state index contributed by atoms with van der Waals surface area (Å²) in [5.41, 5.74) is 0.0326. The van der Waals surface area contributed by atoms with Crippen molar-refractivity contribution in [1.82, 2.24) is 9.36 Å². The van der Waals surface area contributed by atoms with E-state index in [1.165, 1.54) is 11.5 Å². The van der Waals surface area contributed by atoms with E-state index in [1.54, 1.807) is 0 Å². The molecule has 0 radical (unpaired) electrons. The smallest absolute Gasteiger partial charge is 0.205 e. The van der Waals surface area contributed by atoms with Crippen molar-refractivity contribution in [1.29, 1.82) is 0 Å². The maximum atomic E-state index is 6.17. The van der Waals surface area contributed by atoms with Crippen molar-refractivity contribution in [3.63, 3.8) is 0 Å². The van der Waals surface area contributed by atoms with Crippen molar-refractivity contribution in [2.75, 3.05) is 18.0 Å². The highest BCUT2D eigenvalue weighted by molar-refractivity contribution is 7.09. The molecular weight excluding hydrogens is 242 g/mol. The van der Waals surface area contributed by atoms with Gasteiger partial charge >= 0.3 is 0 Å². The molecular formula is C11H18ClN3S. The third kappa shape index (κ3) is 2.66. The minimum Gasteiger partial charge on any atom is -0.345 e. The predicted molar refractivity (Wildman–Crippen MR) is 69.7 cm³/mol. The van der Waals surface area contributed by atoms with Crippen LogP contribution < -0.4 is 4.90 Å². The summed E-state index contributed by atoms with van der Waals surface area (Å²) in [5, 5.41) is 1.28. The molecule has 3 nitrogen and oxygen atoms in total. The minimum absolute atomic E-state index is 0.0326. The van der Waals surface area contributed by atoms with Crippen LogP contribution in [-0.2, 0) is 5.41 Å². The molecule has 1 aliphatic rings. The molecule has 2 rings (SSSR count). The summed E-state index contributed by atoms with van der Waals surface area (Å²) < 4.78 is 4.43. The van der Waals surface area contributed by atoms with Crippen LogP contribution in [0.15, 0.2) is 0 Å².